The highest BCUT2D eigenvalue weighted by molar-refractivity contribution is 9.10. The summed E-state index contributed by atoms with van der Waals surface area (Å²) in [5, 5.41) is 6.45. The number of nitrogens with one attached hydrogen (secondary N) is 2. The van der Waals surface area contributed by atoms with E-state index >= 15 is 0 Å². The third kappa shape index (κ3) is 2.73. The second-order valence-electron chi connectivity index (χ2n) is 3.98. The maximum Gasteiger partial charge on any atom is 0.262 e. The van der Waals surface area contributed by atoms with Gasteiger partial charge in [0.05, 0.1) is 22.5 Å². The van der Waals surface area contributed by atoms with Crippen molar-refractivity contribution in [2.24, 2.45) is 0 Å². The van der Waals surface area contributed by atoms with Gasteiger partial charge in [0.25, 0.3) is 10.0 Å². The molecule has 7 heteroatoms. The maximum absolute atomic E-state index is 12.2. The summed E-state index contributed by atoms with van der Waals surface area (Å²) in [6, 6.07) is 5.02. The lowest BCUT2D eigenvalue weighted by molar-refractivity contribution is 0.601. The van der Waals surface area contributed by atoms with Gasteiger partial charge in [0.1, 0.15) is 0 Å². The Balaban J connectivity index is 2.40. The van der Waals surface area contributed by atoms with Gasteiger partial charge < -0.3 is 0 Å². The number of halogens is 1. The van der Waals surface area contributed by atoms with Gasteiger partial charge in [-0.05, 0) is 37.6 Å². The van der Waals surface area contributed by atoms with Crippen LogP contribution in [0.25, 0.3) is 0 Å². The molecule has 0 bridgehead atoms. The average Bonchev–Trinajstić information content (AvgIpc) is 2.62. The second-order valence-corrected chi connectivity index (χ2v) is 6.58. The van der Waals surface area contributed by atoms with Crippen LogP contribution in [0.4, 0.5) is 5.69 Å². The summed E-state index contributed by atoms with van der Waals surface area (Å²) in [4.78, 5) is 0.218. The summed E-state index contributed by atoms with van der Waals surface area (Å²) in [6.45, 7) is 3.59. The molecule has 1 heterocycles. The summed E-state index contributed by atoms with van der Waals surface area (Å²) in [7, 11) is -3.59. The largest absolute Gasteiger partial charge is 0.281 e. The van der Waals surface area contributed by atoms with Gasteiger partial charge in [-0.2, -0.15) is 5.10 Å². The molecule has 0 spiro atoms. The molecule has 0 unspecified atom stereocenters. The van der Waals surface area contributed by atoms with E-state index in [0.717, 1.165) is 10.0 Å². The van der Waals surface area contributed by atoms with Crippen molar-refractivity contribution in [1.29, 1.82) is 0 Å². The Hall–Kier alpha value is -1.34. The first-order valence-corrected chi connectivity index (χ1v) is 7.46. The molecule has 0 amide bonds. The Morgan fingerprint density at radius 2 is 2.00 bits per heavy atom. The first kappa shape index (κ1) is 13.1. The van der Waals surface area contributed by atoms with E-state index < -0.39 is 10.0 Å². The summed E-state index contributed by atoms with van der Waals surface area (Å²) in [5.74, 6) is 0. The van der Waals surface area contributed by atoms with Crippen molar-refractivity contribution in [1.82, 2.24) is 10.2 Å². The molecule has 2 aromatic rings. The highest BCUT2D eigenvalue weighted by Crippen LogP contribution is 2.22. The van der Waals surface area contributed by atoms with Crippen LogP contribution in [0.5, 0.6) is 0 Å². The number of hydrogen-bond acceptors (Lipinski definition) is 3. The monoisotopic (exact) mass is 329 g/mol. The number of aromatic amines is 1. The molecule has 0 aliphatic heterocycles. The van der Waals surface area contributed by atoms with Crippen molar-refractivity contribution in [2.75, 3.05) is 4.72 Å². The van der Waals surface area contributed by atoms with Crippen LogP contribution < -0.4 is 4.72 Å². The fraction of sp³-hybridized carbons (Fsp3) is 0.182. The molecule has 0 aliphatic carbocycles. The number of H-pyrrole nitrogens is 1. The zero-order chi connectivity index (χ0) is 13.3. The minimum absolute atomic E-state index is 0.218. The van der Waals surface area contributed by atoms with Gasteiger partial charge in [0.2, 0.25) is 0 Å². The van der Waals surface area contributed by atoms with Gasteiger partial charge in [-0.25, -0.2) is 8.42 Å². The Morgan fingerprint density at radius 3 is 2.56 bits per heavy atom. The van der Waals surface area contributed by atoms with Crippen LogP contribution in [0.3, 0.4) is 0 Å². The van der Waals surface area contributed by atoms with Crippen molar-refractivity contribution in [3.05, 3.63) is 40.1 Å². The van der Waals surface area contributed by atoms with E-state index in [9.17, 15) is 8.42 Å². The molecule has 0 aliphatic rings. The zero-order valence-corrected chi connectivity index (χ0v) is 12.3. The first-order chi connectivity index (χ1) is 8.38. The molecule has 1 aromatic carbocycles. The highest BCUT2D eigenvalue weighted by Gasteiger charge is 2.16. The molecule has 18 heavy (non-hydrogen) atoms. The Labute approximate surface area is 114 Å². The van der Waals surface area contributed by atoms with Gasteiger partial charge in [0.15, 0.2) is 0 Å². The number of hydrogen-bond donors (Lipinski definition) is 2. The lowest BCUT2D eigenvalue weighted by Crippen LogP contribution is -2.13. The van der Waals surface area contributed by atoms with E-state index in [4.69, 9.17) is 0 Å². The van der Waals surface area contributed by atoms with Gasteiger partial charge in [-0.1, -0.05) is 15.9 Å². The van der Waals surface area contributed by atoms with E-state index in [2.05, 4.69) is 30.8 Å². The molecule has 2 rings (SSSR count). The van der Waals surface area contributed by atoms with Crippen molar-refractivity contribution in [2.45, 2.75) is 18.7 Å². The molecular formula is C11H12BrN3O2S. The quantitative estimate of drug-likeness (QED) is 0.908. The summed E-state index contributed by atoms with van der Waals surface area (Å²) in [6.07, 6.45) is 1.44. The number of anilines is 1. The van der Waals surface area contributed by atoms with Crippen LogP contribution in [0.2, 0.25) is 0 Å². The Bertz CT molecular complexity index is 659. The second kappa shape index (κ2) is 4.74. The number of rotatable bonds is 3. The topological polar surface area (TPSA) is 74.8 Å². The van der Waals surface area contributed by atoms with Crippen molar-refractivity contribution >= 4 is 31.6 Å². The lowest BCUT2D eigenvalue weighted by atomic mass is 10.2. The molecule has 0 radical (unpaired) electrons. The smallest absolute Gasteiger partial charge is 0.262 e. The van der Waals surface area contributed by atoms with Crippen molar-refractivity contribution in [3.63, 3.8) is 0 Å². The summed E-state index contributed by atoms with van der Waals surface area (Å²) < 4.78 is 27.6. The minimum atomic E-state index is -3.59. The zero-order valence-electron chi connectivity index (χ0n) is 9.86. The van der Waals surface area contributed by atoms with Crippen LogP contribution in [-0.2, 0) is 10.0 Å². The number of aryl methyl sites for hydroxylation is 2. The molecule has 5 nitrogen and oxygen atoms in total. The van der Waals surface area contributed by atoms with Crippen molar-refractivity contribution in [3.8, 4) is 0 Å². The van der Waals surface area contributed by atoms with Crippen LogP contribution in [0, 0.1) is 13.8 Å². The molecule has 0 fully saturated rings. The van der Waals surface area contributed by atoms with Crippen LogP contribution >= 0.6 is 15.9 Å². The number of aromatic nitrogens is 2. The molecule has 1 aromatic heterocycles. The molecular weight excluding hydrogens is 318 g/mol. The third-order valence-corrected chi connectivity index (χ3v) is 4.20. The van der Waals surface area contributed by atoms with E-state index in [-0.39, 0.29) is 4.90 Å². The first-order valence-electron chi connectivity index (χ1n) is 5.18. The summed E-state index contributed by atoms with van der Waals surface area (Å²) >= 11 is 3.29. The standard InChI is InChI=1S/C11H12BrN3O2S/c1-7-3-9(12)5-10(4-7)18(16,17)15-11-6-13-14-8(11)2/h3-6,15H,1-2H3,(H,13,14). The molecule has 96 valence electrons. The normalized spacial score (nSPS) is 11.5. The van der Waals surface area contributed by atoms with Gasteiger partial charge in [-0.3, -0.25) is 9.82 Å². The highest BCUT2D eigenvalue weighted by atomic mass is 79.9. The molecule has 2 N–H and O–H groups in total. The fourth-order valence-corrected chi connectivity index (χ4v) is 3.51. The van der Waals surface area contributed by atoms with Gasteiger partial charge in [0, 0.05) is 4.47 Å². The van der Waals surface area contributed by atoms with E-state index in [1.165, 1.54) is 6.20 Å². The SMILES string of the molecule is Cc1cc(Br)cc(S(=O)(=O)Nc2cn[nH]c2C)c1. The van der Waals surface area contributed by atoms with Gasteiger partial charge >= 0.3 is 0 Å². The van der Waals surface area contributed by atoms with Gasteiger partial charge in [-0.15, -0.1) is 0 Å². The van der Waals surface area contributed by atoms with E-state index in [0.29, 0.717) is 11.4 Å². The predicted octanol–water partition coefficient (Wildman–Crippen LogP) is 2.59. The molecule has 0 saturated heterocycles. The van der Waals surface area contributed by atoms with Crippen LogP contribution in [0.1, 0.15) is 11.3 Å². The maximum atomic E-state index is 12.2. The molecule has 0 atom stereocenters. The van der Waals surface area contributed by atoms with E-state index in [1.807, 2.05) is 13.0 Å². The lowest BCUT2D eigenvalue weighted by Gasteiger charge is -2.08. The molecule has 0 saturated carbocycles. The Kier molecular flexibility index (Phi) is 3.45. The van der Waals surface area contributed by atoms with Crippen LogP contribution in [-0.4, -0.2) is 18.6 Å². The number of benzene rings is 1. The Morgan fingerprint density at radius 1 is 1.28 bits per heavy atom. The third-order valence-electron chi connectivity index (χ3n) is 2.40. The number of sulfonamides is 1. The van der Waals surface area contributed by atoms with Crippen LogP contribution in [0.15, 0.2) is 33.8 Å². The predicted molar refractivity (Wildman–Crippen MR) is 73.0 cm³/mol. The van der Waals surface area contributed by atoms with E-state index in [1.54, 1.807) is 19.1 Å². The van der Waals surface area contributed by atoms with Crippen molar-refractivity contribution < 1.29 is 8.42 Å². The minimum Gasteiger partial charge on any atom is -0.281 e. The average molecular weight is 330 g/mol. The fourth-order valence-electron chi connectivity index (χ4n) is 1.52. The summed E-state index contributed by atoms with van der Waals surface area (Å²) in [5.41, 5.74) is 1.99. The number of nitrogens with zero attached hydrogens (tertiary/aromatic N) is 1.